The topological polar surface area (TPSA) is 55.6 Å². The summed E-state index contributed by atoms with van der Waals surface area (Å²) in [6, 6.07) is 3.98. The molecule has 0 aromatic carbocycles. The minimum absolute atomic E-state index is 0.642. The minimum Gasteiger partial charge on any atom is -0.311 e. The van der Waals surface area contributed by atoms with E-state index in [9.17, 15) is 0 Å². The Kier molecular flexibility index (Phi) is 4.27. The van der Waals surface area contributed by atoms with Crippen molar-refractivity contribution < 1.29 is 0 Å². The fourth-order valence-corrected chi connectivity index (χ4v) is 1.79. The molecule has 0 saturated heterocycles. The molecule has 0 aliphatic heterocycles. The first-order valence-corrected chi connectivity index (χ1v) is 6.62. The average Bonchev–Trinajstić information content (AvgIpc) is 2.71. The highest BCUT2D eigenvalue weighted by molar-refractivity contribution is 5.27. The molecule has 19 heavy (non-hydrogen) atoms. The van der Waals surface area contributed by atoms with Gasteiger partial charge in [0.15, 0.2) is 5.82 Å². The van der Waals surface area contributed by atoms with E-state index in [1.165, 1.54) is 0 Å². The van der Waals surface area contributed by atoms with Crippen LogP contribution in [0.1, 0.15) is 30.9 Å². The molecule has 0 atom stereocenters. The lowest BCUT2D eigenvalue weighted by Crippen LogP contribution is -2.20. The lowest BCUT2D eigenvalue weighted by Gasteiger charge is -2.07. The van der Waals surface area contributed by atoms with Gasteiger partial charge < -0.3 is 5.32 Å². The van der Waals surface area contributed by atoms with Crippen LogP contribution in [0.5, 0.6) is 0 Å². The summed E-state index contributed by atoms with van der Waals surface area (Å²) in [6.07, 6.45) is 1.78. The van der Waals surface area contributed by atoms with E-state index in [-0.39, 0.29) is 0 Å². The van der Waals surface area contributed by atoms with Crippen LogP contribution in [0.2, 0.25) is 0 Å². The van der Waals surface area contributed by atoms with Crippen molar-refractivity contribution in [1.29, 1.82) is 0 Å². The lowest BCUT2D eigenvalue weighted by molar-refractivity contribution is 0.546. The van der Waals surface area contributed by atoms with Crippen molar-refractivity contribution in [2.75, 3.05) is 6.54 Å². The highest BCUT2D eigenvalue weighted by atomic mass is 15.2. The van der Waals surface area contributed by atoms with E-state index in [1.54, 1.807) is 6.33 Å². The maximum Gasteiger partial charge on any atom is 0.160 e. The molecule has 2 heterocycles. The molecule has 5 heteroatoms. The SMILES string of the molecule is Cc1ncn(-c2ccc(CNCC(C)C)nn2)c1C. The van der Waals surface area contributed by atoms with E-state index < -0.39 is 0 Å². The van der Waals surface area contributed by atoms with Crippen LogP contribution in [0.25, 0.3) is 5.82 Å². The summed E-state index contributed by atoms with van der Waals surface area (Å²) in [6.45, 7) is 10.1. The van der Waals surface area contributed by atoms with Crippen LogP contribution in [0.15, 0.2) is 18.5 Å². The number of hydrogen-bond donors (Lipinski definition) is 1. The van der Waals surface area contributed by atoms with Gasteiger partial charge in [-0.2, -0.15) is 5.10 Å². The van der Waals surface area contributed by atoms with Crippen LogP contribution in [-0.4, -0.2) is 26.3 Å². The fourth-order valence-electron chi connectivity index (χ4n) is 1.79. The van der Waals surface area contributed by atoms with Crippen molar-refractivity contribution in [2.24, 2.45) is 5.92 Å². The third kappa shape index (κ3) is 3.38. The molecular weight excluding hydrogens is 238 g/mol. The van der Waals surface area contributed by atoms with Crippen LogP contribution in [0, 0.1) is 19.8 Å². The lowest BCUT2D eigenvalue weighted by atomic mass is 10.2. The minimum atomic E-state index is 0.642. The van der Waals surface area contributed by atoms with Crippen molar-refractivity contribution in [1.82, 2.24) is 25.1 Å². The average molecular weight is 259 g/mol. The molecule has 5 nitrogen and oxygen atoms in total. The Hall–Kier alpha value is -1.75. The number of hydrogen-bond acceptors (Lipinski definition) is 4. The van der Waals surface area contributed by atoms with Crippen LogP contribution in [0.4, 0.5) is 0 Å². The first-order chi connectivity index (χ1) is 9.08. The Labute approximate surface area is 114 Å². The van der Waals surface area contributed by atoms with Gasteiger partial charge >= 0.3 is 0 Å². The number of imidazole rings is 1. The Morgan fingerprint density at radius 1 is 1.21 bits per heavy atom. The van der Waals surface area contributed by atoms with Gasteiger partial charge in [0, 0.05) is 12.2 Å². The molecule has 0 aliphatic rings. The molecule has 2 aromatic heterocycles. The fraction of sp³-hybridized carbons (Fsp3) is 0.500. The Bertz CT molecular complexity index is 527. The predicted octanol–water partition coefficient (Wildman–Crippen LogP) is 2.02. The molecule has 0 bridgehead atoms. The molecular formula is C14H21N5. The Morgan fingerprint density at radius 2 is 2.00 bits per heavy atom. The molecule has 0 saturated carbocycles. The molecule has 0 spiro atoms. The van der Waals surface area contributed by atoms with Crippen molar-refractivity contribution in [3.05, 3.63) is 35.5 Å². The number of aromatic nitrogens is 4. The first kappa shape index (κ1) is 13.7. The smallest absolute Gasteiger partial charge is 0.160 e. The Morgan fingerprint density at radius 3 is 2.53 bits per heavy atom. The molecule has 1 N–H and O–H groups in total. The second-order valence-corrected chi connectivity index (χ2v) is 5.19. The highest BCUT2D eigenvalue weighted by Gasteiger charge is 2.06. The van der Waals surface area contributed by atoms with E-state index in [4.69, 9.17) is 0 Å². The van der Waals surface area contributed by atoms with Crippen molar-refractivity contribution in [3.63, 3.8) is 0 Å². The summed E-state index contributed by atoms with van der Waals surface area (Å²) in [5.74, 6) is 1.45. The number of nitrogens with one attached hydrogen (secondary N) is 1. The van der Waals surface area contributed by atoms with Gasteiger partial charge in [-0.15, -0.1) is 5.10 Å². The van der Waals surface area contributed by atoms with Gasteiger partial charge in [0.05, 0.1) is 11.4 Å². The molecule has 0 fully saturated rings. The molecule has 0 radical (unpaired) electrons. The van der Waals surface area contributed by atoms with Crippen LogP contribution < -0.4 is 5.32 Å². The second-order valence-electron chi connectivity index (χ2n) is 5.19. The molecule has 2 aromatic rings. The standard InChI is InChI=1S/C14H21N5/c1-10(2)7-15-8-13-5-6-14(18-17-13)19-9-16-11(3)12(19)4/h5-6,9-10,15H,7-8H2,1-4H3. The zero-order chi connectivity index (χ0) is 13.8. The molecule has 0 unspecified atom stereocenters. The number of rotatable bonds is 5. The third-order valence-electron chi connectivity index (χ3n) is 3.06. The van der Waals surface area contributed by atoms with Gasteiger partial charge in [-0.1, -0.05) is 13.8 Å². The van der Waals surface area contributed by atoms with Crippen LogP contribution in [0.3, 0.4) is 0 Å². The molecule has 0 amide bonds. The van der Waals surface area contributed by atoms with Crippen molar-refractivity contribution in [3.8, 4) is 5.82 Å². The van der Waals surface area contributed by atoms with Gasteiger partial charge in [0.25, 0.3) is 0 Å². The maximum absolute atomic E-state index is 4.27. The third-order valence-corrected chi connectivity index (χ3v) is 3.06. The van der Waals surface area contributed by atoms with Crippen LogP contribution >= 0.6 is 0 Å². The molecule has 102 valence electrons. The van der Waals surface area contributed by atoms with E-state index >= 15 is 0 Å². The van der Waals surface area contributed by atoms with Gasteiger partial charge in [0.1, 0.15) is 6.33 Å². The normalized spacial score (nSPS) is 11.2. The largest absolute Gasteiger partial charge is 0.311 e. The maximum atomic E-state index is 4.27. The summed E-state index contributed by atoms with van der Waals surface area (Å²) in [5.41, 5.74) is 3.07. The van der Waals surface area contributed by atoms with Crippen molar-refractivity contribution in [2.45, 2.75) is 34.2 Å². The van der Waals surface area contributed by atoms with E-state index in [0.717, 1.165) is 36.0 Å². The number of nitrogens with zero attached hydrogens (tertiary/aromatic N) is 4. The summed E-state index contributed by atoms with van der Waals surface area (Å²) in [4.78, 5) is 4.27. The van der Waals surface area contributed by atoms with Gasteiger partial charge in [-0.3, -0.25) is 4.57 Å². The molecule has 0 aliphatic carbocycles. The Balaban J connectivity index is 2.04. The van der Waals surface area contributed by atoms with E-state index in [2.05, 4.69) is 34.3 Å². The number of aryl methyl sites for hydroxylation is 1. The quantitative estimate of drug-likeness (QED) is 0.892. The van der Waals surface area contributed by atoms with Crippen LogP contribution in [-0.2, 0) is 6.54 Å². The van der Waals surface area contributed by atoms with Crippen molar-refractivity contribution >= 4 is 0 Å². The second kappa shape index (κ2) is 5.93. The zero-order valence-electron chi connectivity index (χ0n) is 12.0. The van der Waals surface area contributed by atoms with Gasteiger partial charge in [-0.05, 0) is 38.4 Å². The summed E-state index contributed by atoms with van der Waals surface area (Å²) < 4.78 is 1.95. The predicted molar refractivity (Wildman–Crippen MR) is 75.2 cm³/mol. The molecule has 2 rings (SSSR count). The zero-order valence-corrected chi connectivity index (χ0v) is 12.0. The first-order valence-electron chi connectivity index (χ1n) is 6.62. The highest BCUT2D eigenvalue weighted by Crippen LogP contribution is 2.10. The summed E-state index contributed by atoms with van der Waals surface area (Å²) in [5, 5.41) is 11.8. The van der Waals surface area contributed by atoms with E-state index in [1.807, 2.05) is 30.5 Å². The monoisotopic (exact) mass is 259 g/mol. The summed E-state index contributed by atoms with van der Waals surface area (Å²) >= 11 is 0. The van der Waals surface area contributed by atoms with E-state index in [0.29, 0.717) is 5.92 Å². The summed E-state index contributed by atoms with van der Waals surface area (Å²) in [7, 11) is 0. The van der Waals surface area contributed by atoms with Gasteiger partial charge in [-0.25, -0.2) is 4.98 Å². The van der Waals surface area contributed by atoms with Gasteiger partial charge in [0.2, 0.25) is 0 Å².